The Labute approximate surface area is 244 Å². The van der Waals surface area contributed by atoms with Crippen molar-refractivity contribution in [2.75, 3.05) is 32.8 Å². The number of hydrogen-bond donors (Lipinski definition) is 3. The van der Waals surface area contributed by atoms with E-state index in [2.05, 4.69) is 4.98 Å². The number of hydrogen-bond acceptors (Lipinski definition) is 10. The molecule has 2 aromatic rings. The highest BCUT2D eigenvalue weighted by molar-refractivity contribution is 6.05. The van der Waals surface area contributed by atoms with Gasteiger partial charge < -0.3 is 35.2 Å². The number of aromatic nitrogens is 1. The first-order valence-corrected chi connectivity index (χ1v) is 13.6. The fourth-order valence-corrected chi connectivity index (χ4v) is 5.19. The van der Waals surface area contributed by atoms with E-state index >= 15 is 0 Å². The van der Waals surface area contributed by atoms with Crippen LogP contribution in [-0.2, 0) is 19.1 Å². The Morgan fingerprint density at radius 1 is 1.12 bits per heavy atom. The molecule has 1 unspecified atom stereocenters. The van der Waals surface area contributed by atoms with Crippen LogP contribution in [0.3, 0.4) is 0 Å². The van der Waals surface area contributed by atoms with Crippen molar-refractivity contribution in [2.24, 2.45) is 5.73 Å². The Kier molecular flexibility index (Phi) is 8.96. The van der Waals surface area contributed by atoms with E-state index in [-0.39, 0.29) is 80.1 Å². The first-order chi connectivity index (χ1) is 20.4. The number of rotatable bonds is 11. The van der Waals surface area contributed by atoms with E-state index < -0.39 is 58.3 Å². The number of carbonyl (C=O) groups excluding carboxylic acids is 3. The number of amides is 3. The first-order valence-electron chi connectivity index (χ1n) is 13.6. The number of pyridine rings is 1. The number of carboxylic acid groups (broad SMARTS) is 2. The SMILES string of the molecule is CCOC(=O)N1CCN(C(=O)C(CCC(=O)O)c2nc3cc([N+](=O)[O-])ccc3c(OC3(C(=O)O)CCC3)c2C(N)=O)CC1. The maximum Gasteiger partial charge on any atom is 0.409 e. The molecule has 4 N–H and O–H groups in total. The van der Waals surface area contributed by atoms with E-state index in [9.17, 15) is 44.3 Å². The number of ether oxygens (including phenoxy) is 2. The minimum Gasteiger partial charge on any atom is -0.481 e. The van der Waals surface area contributed by atoms with E-state index in [0.29, 0.717) is 6.42 Å². The lowest BCUT2D eigenvalue weighted by molar-refractivity contribution is -0.384. The molecule has 0 spiro atoms. The van der Waals surface area contributed by atoms with Crippen LogP contribution < -0.4 is 10.5 Å². The summed E-state index contributed by atoms with van der Waals surface area (Å²) in [6.45, 7) is 2.23. The molecule has 1 aromatic carbocycles. The summed E-state index contributed by atoms with van der Waals surface area (Å²) in [7, 11) is 0. The number of fused-ring (bicyclic) bond motifs is 1. The fraction of sp³-hybridized carbons (Fsp3) is 0.481. The minimum absolute atomic E-state index is 0.0585. The second-order valence-corrected chi connectivity index (χ2v) is 10.3. The molecule has 1 saturated carbocycles. The molecule has 43 heavy (non-hydrogen) atoms. The normalized spacial score (nSPS) is 16.6. The predicted molar refractivity (Wildman–Crippen MR) is 147 cm³/mol. The number of piperazine rings is 1. The van der Waals surface area contributed by atoms with E-state index in [1.54, 1.807) is 6.92 Å². The fourth-order valence-electron chi connectivity index (χ4n) is 5.19. The monoisotopic (exact) mass is 601 g/mol. The zero-order chi connectivity index (χ0) is 31.5. The molecule has 230 valence electrons. The molecule has 16 nitrogen and oxygen atoms in total. The van der Waals surface area contributed by atoms with E-state index in [1.807, 2.05) is 0 Å². The molecule has 1 saturated heterocycles. The Morgan fingerprint density at radius 3 is 2.28 bits per heavy atom. The van der Waals surface area contributed by atoms with Crippen LogP contribution >= 0.6 is 0 Å². The zero-order valence-corrected chi connectivity index (χ0v) is 23.3. The van der Waals surface area contributed by atoms with Gasteiger partial charge in [-0.15, -0.1) is 0 Å². The Bertz CT molecular complexity index is 1480. The standard InChI is InChI=1S/C27H31N5O11/c1-2-42-26(39)31-12-10-30(11-13-31)24(36)17(6-7-19(33)34)21-20(23(28)35)22(43-27(25(37)38)8-3-9-27)16-5-4-15(32(40)41)14-18(16)29-21/h4-5,14,17H,2-3,6-13H2,1H3,(H2,28,35)(H,33,34)(H,37,38). The number of nitro benzene ring substituents is 1. The van der Waals surface area contributed by atoms with E-state index in [0.717, 1.165) is 12.1 Å². The lowest BCUT2D eigenvalue weighted by Crippen LogP contribution is -2.52. The van der Waals surface area contributed by atoms with Crippen LogP contribution in [0.25, 0.3) is 10.9 Å². The smallest absolute Gasteiger partial charge is 0.409 e. The van der Waals surface area contributed by atoms with Crippen LogP contribution in [0.5, 0.6) is 5.75 Å². The molecule has 1 aliphatic heterocycles. The molecule has 0 bridgehead atoms. The van der Waals surface area contributed by atoms with Gasteiger partial charge in [0.05, 0.1) is 28.7 Å². The Balaban J connectivity index is 1.86. The topological polar surface area (TPSA) is 233 Å². The van der Waals surface area contributed by atoms with Crippen molar-refractivity contribution in [2.45, 2.75) is 50.5 Å². The first kappa shape index (κ1) is 30.9. The van der Waals surface area contributed by atoms with Crippen molar-refractivity contribution < 1.29 is 48.6 Å². The van der Waals surface area contributed by atoms with Crippen LogP contribution in [0.15, 0.2) is 18.2 Å². The second kappa shape index (κ2) is 12.5. The van der Waals surface area contributed by atoms with Gasteiger partial charge in [-0.1, -0.05) is 0 Å². The van der Waals surface area contributed by atoms with Crippen molar-refractivity contribution >= 4 is 46.4 Å². The van der Waals surface area contributed by atoms with Gasteiger partial charge in [0.15, 0.2) is 0 Å². The van der Waals surface area contributed by atoms with Gasteiger partial charge in [-0.05, 0) is 38.7 Å². The van der Waals surface area contributed by atoms with Crippen LogP contribution in [0.2, 0.25) is 0 Å². The van der Waals surface area contributed by atoms with E-state index in [4.69, 9.17) is 15.2 Å². The van der Waals surface area contributed by atoms with Crippen molar-refractivity contribution in [3.63, 3.8) is 0 Å². The van der Waals surface area contributed by atoms with Gasteiger partial charge in [0.25, 0.3) is 11.6 Å². The van der Waals surface area contributed by atoms with Crippen LogP contribution in [-0.4, -0.2) is 98.2 Å². The van der Waals surface area contributed by atoms with Crippen LogP contribution in [0.1, 0.15) is 61.0 Å². The maximum atomic E-state index is 13.9. The third-order valence-corrected chi connectivity index (χ3v) is 7.65. The third kappa shape index (κ3) is 6.27. The molecule has 2 heterocycles. The molecular weight excluding hydrogens is 570 g/mol. The van der Waals surface area contributed by atoms with Gasteiger partial charge in [0, 0.05) is 50.1 Å². The molecule has 1 aliphatic carbocycles. The minimum atomic E-state index is -1.71. The zero-order valence-electron chi connectivity index (χ0n) is 23.3. The number of primary amides is 1. The molecule has 16 heteroatoms. The molecule has 1 aromatic heterocycles. The molecule has 0 radical (unpaired) electrons. The van der Waals surface area contributed by atoms with Gasteiger partial charge in [0.1, 0.15) is 11.3 Å². The van der Waals surface area contributed by atoms with Crippen molar-refractivity contribution in [3.8, 4) is 5.75 Å². The number of benzene rings is 1. The number of non-ortho nitro benzene ring substituents is 1. The molecule has 1 atom stereocenters. The highest BCUT2D eigenvalue weighted by Gasteiger charge is 2.48. The molecule has 2 aliphatic rings. The largest absolute Gasteiger partial charge is 0.481 e. The summed E-state index contributed by atoms with van der Waals surface area (Å²) >= 11 is 0. The summed E-state index contributed by atoms with van der Waals surface area (Å²) in [5, 5.41) is 31.0. The second-order valence-electron chi connectivity index (χ2n) is 10.3. The molecule has 2 fully saturated rings. The van der Waals surface area contributed by atoms with Gasteiger partial charge in [-0.25, -0.2) is 9.59 Å². The lowest BCUT2D eigenvalue weighted by Gasteiger charge is -2.39. The highest BCUT2D eigenvalue weighted by Crippen LogP contribution is 2.43. The van der Waals surface area contributed by atoms with Gasteiger partial charge in [0.2, 0.25) is 11.5 Å². The number of nitrogens with zero attached hydrogens (tertiary/aromatic N) is 4. The Hall–Kier alpha value is -5.02. The number of carbonyl (C=O) groups is 5. The van der Waals surface area contributed by atoms with Crippen molar-refractivity contribution in [1.29, 1.82) is 0 Å². The number of carboxylic acids is 2. The quantitative estimate of drug-likeness (QED) is 0.247. The predicted octanol–water partition coefficient (Wildman–Crippen LogP) is 1.88. The third-order valence-electron chi connectivity index (χ3n) is 7.65. The maximum absolute atomic E-state index is 13.9. The summed E-state index contributed by atoms with van der Waals surface area (Å²) in [6.07, 6.45) is -0.643. The van der Waals surface area contributed by atoms with Gasteiger partial charge in [-0.3, -0.25) is 29.5 Å². The van der Waals surface area contributed by atoms with Crippen LogP contribution in [0.4, 0.5) is 10.5 Å². The van der Waals surface area contributed by atoms with Gasteiger partial charge >= 0.3 is 18.0 Å². The van der Waals surface area contributed by atoms with Crippen LogP contribution in [0, 0.1) is 10.1 Å². The number of aliphatic carboxylic acids is 2. The molecule has 4 rings (SSSR count). The molecular formula is C27H31N5O11. The summed E-state index contributed by atoms with van der Waals surface area (Å²) < 4.78 is 11.0. The highest BCUT2D eigenvalue weighted by atomic mass is 16.6. The average molecular weight is 602 g/mol. The summed E-state index contributed by atoms with van der Waals surface area (Å²) in [5.41, 5.74) is 2.92. The Morgan fingerprint density at radius 2 is 1.77 bits per heavy atom. The summed E-state index contributed by atoms with van der Waals surface area (Å²) in [4.78, 5) is 80.9. The van der Waals surface area contributed by atoms with Crippen molar-refractivity contribution in [3.05, 3.63) is 39.6 Å². The van der Waals surface area contributed by atoms with E-state index in [1.165, 1.54) is 15.9 Å². The lowest BCUT2D eigenvalue weighted by atomic mass is 9.80. The summed E-state index contributed by atoms with van der Waals surface area (Å²) in [5.74, 6) is -5.94. The van der Waals surface area contributed by atoms with Crippen molar-refractivity contribution in [1.82, 2.24) is 14.8 Å². The number of nitrogens with two attached hydrogens (primary N) is 1. The summed E-state index contributed by atoms with van der Waals surface area (Å²) in [6, 6.07) is 3.47. The molecule has 3 amide bonds. The number of nitro groups is 1. The average Bonchev–Trinajstić information content (AvgIpc) is 2.93. The van der Waals surface area contributed by atoms with Gasteiger partial charge in [-0.2, -0.15) is 0 Å².